The van der Waals surface area contributed by atoms with Crippen molar-refractivity contribution in [1.29, 1.82) is 0 Å². The van der Waals surface area contributed by atoms with Crippen molar-refractivity contribution in [2.45, 2.75) is 39.2 Å². The fourth-order valence-corrected chi connectivity index (χ4v) is 4.83. The van der Waals surface area contributed by atoms with E-state index in [0.29, 0.717) is 0 Å². The molecule has 0 radical (unpaired) electrons. The molecule has 1 aromatic carbocycles. The number of anilines is 1. The monoisotopic (exact) mass is 399 g/mol. The van der Waals surface area contributed by atoms with Crippen LogP contribution in [0.2, 0.25) is 0 Å². The van der Waals surface area contributed by atoms with Gasteiger partial charge in [0.1, 0.15) is 11.9 Å². The van der Waals surface area contributed by atoms with Crippen molar-refractivity contribution >= 4 is 22.6 Å². The molecule has 1 aromatic heterocycles. The summed E-state index contributed by atoms with van der Waals surface area (Å²) in [6.45, 7) is 9.87. The number of aromatic nitrogens is 2. The molecule has 3 heterocycles. The second kappa shape index (κ2) is 8.57. The number of aryl methyl sites for hydroxylation is 1. The smallest absolute Gasteiger partial charge is 0.245 e. The van der Waals surface area contributed by atoms with Crippen molar-refractivity contribution in [2.24, 2.45) is 0 Å². The van der Waals surface area contributed by atoms with Crippen LogP contribution >= 0.6 is 11.5 Å². The van der Waals surface area contributed by atoms with E-state index in [4.69, 9.17) is 4.98 Å². The molecule has 0 saturated carbocycles. The van der Waals surface area contributed by atoms with Crippen molar-refractivity contribution in [2.75, 3.05) is 44.2 Å². The highest BCUT2D eigenvalue weighted by Gasteiger charge is 2.36. The first kappa shape index (κ1) is 19.3. The normalized spacial score (nSPS) is 20.7. The highest BCUT2D eigenvalue weighted by atomic mass is 32.1. The Morgan fingerprint density at radius 3 is 2.61 bits per heavy atom. The number of piperazine rings is 1. The first-order valence-corrected chi connectivity index (χ1v) is 11.1. The van der Waals surface area contributed by atoms with Crippen LogP contribution in [0, 0.1) is 6.92 Å². The van der Waals surface area contributed by atoms with Gasteiger partial charge in [-0.2, -0.15) is 4.37 Å². The van der Waals surface area contributed by atoms with Gasteiger partial charge in [-0.05, 0) is 31.9 Å². The number of rotatable bonds is 5. The summed E-state index contributed by atoms with van der Waals surface area (Å²) in [7, 11) is 0. The average Bonchev–Trinajstić information content (AvgIpc) is 3.38. The molecule has 6 nitrogen and oxygen atoms in total. The van der Waals surface area contributed by atoms with Crippen LogP contribution in [0.4, 0.5) is 5.13 Å². The highest BCUT2D eigenvalue weighted by Crippen LogP contribution is 2.29. The fraction of sp³-hybridized carbons (Fsp3) is 0.571. The Labute approximate surface area is 171 Å². The predicted molar refractivity (Wildman–Crippen MR) is 113 cm³/mol. The van der Waals surface area contributed by atoms with Crippen LogP contribution in [0.25, 0.3) is 0 Å². The molecule has 2 aliphatic heterocycles. The van der Waals surface area contributed by atoms with Gasteiger partial charge >= 0.3 is 0 Å². The number of benzene rings is 1. The number of likely N-dealkylation sites (N-methyl/N-ethyl adjacent to an activating group) is 1. The van der Waals surface area contributed by atoms with Crippen molar-refractivity contribution in [3.8, 4) is 0 Å². The molecule has 7 heteroatoms. The number of carbonyl (C=O) groups excluding carboxylic acids is 1. The molecule has 2 aromatic rings. The van der Waals surface area contributed by atoms with Crippen LogP contribution in [-0.4, -0.2) is 70.4 Å². The maximum Gasteiger partial charge on any atom is 0.245 e. The van der Waals surface area contributed by atoms with E-state index in [0.717, 1.165) is 69.5 Å². The molecular weight excluding hydrogens is 370 g/mol. The van der Waals surface area contributed by atoms with Gasteiger partial charge in [0, 0.05) is 50.7 Å². The molecule has 0 spiro atoms. The van der Waals surface area contributed by atoms with E-state index in [-0.39, 0.29) is 11.9 Å². The SMILES string of the molecule is CCN1CCN(C(=O)C2CCCN2c2nc(Cc3ccc(C)cc3)ns2)CC1. The minimum atomic E-state index is -0.0756. The van der Waals surface area contributed by atoms with Gasteiger partial charge in [-0.3, -0.25) is 4.79 Å². The standard InChI is InChI=1S/C21H29N5OS/c1-3-24-11-13-25(14-12-24)20(27)18-5-4-10-26(18)21-22-19(23-28-21)15-17-8-6-16(2)7-9-17/h6-9,18H,3-5,10-15H2,1-2H3. The number of hydrogen-bond donors (Lipinski definition) is 0. The molecule has 2 saturated heterocycles. The third-order valence-corrected chi connectivity index (χ3v) is 6.65. The molecule has 0 bridgehead atoms. The summed E-state index contributed by atoms with van der Waals surface area (Å²) < 4.78 is 4.56. The van der Waals surface area contributed by atoms with Crippen LogP contribution < -0.4 is 4.90 Å². The van der Waals surface area contributed by atoms with E-state index in [1.54, 1.807) is 0 Å². The summed E-state index contributed by atoms with van der Waals surface area (Å²) in [4.78, 5) is 24.5. The molecule has 150 valence electrons. The molecule has 0 N–H and O–H groups in total. The zero-order chi connectivity index (χ0) is 19.5. The summed E-state index contributed by atoms with van der Waals surface area (Å²) in [6.07, 6.45) is 2.69. The first-order chi connectivity index (χ1) is 13.6. The van der Waals surface area contributed by atoms with E-state index in [1.165, 1.54) is 22.7 Å². The zero-order valence-electron chi connectivity index (χ0n) is 16.8. The molecule has 1 unspecified atom stereocenters. The lowest BCUT2D eigenvalue weighted by atomic mass is 10.1. The number of amides is 1. The lowest BCUT2D eigenvalue weighted by Gasteiger charge is -2.36. The summed E-state index contributed by atoms with van der Waals surface area (Å²) in [5.74, 6) is 1.11. The molecule has 1 amide bonds. The predicted octanol–water partition coefficient (Wildman–Crippen LogP) is 2.57. The number of nitrogens with zero attached hydrogens (tertiary/aromatic N) is 5. The Bertz CT molecular complexity index is 797. The molecule has 0 aliphatic carbocycles. The van der Waals surface area contributed by atoms with Gasteiger partial charge in [-0.25, -0.2) is 4.98 Å². The van der Waals surface area contributed by atoms with E-state index < -0.39 is 0 Å². The van der Waals surface area contributed by atoms with Gasteiger partial charge in [0.15, 0.2) is 0 Å². The van der Waals surface area contributed by atoms with Crippen LogP contribution in [0.5, 0.6) is 0 Å². The maximum absolute atomic E-state index is 13.1. The first-order valence-electron chi connectivity index (χ1n) is 10.3. The minimum Gasteiger partial charge on any atom is -0.338 e. The van der Waals surface area contributed by atoms with E-state index in [9.17, 15) is 4.79 Å². The Morgan fingerprint density at radius 2 is 1.89 bits per heavy atom. The Hall–Kier alpha value is -1.99. The van der Waals surface area contributed by atoms with E-state index in [2.05, 4.69) is 52.3 Å². The third kappa shape index (κ3) is 4.20. The molecular formula is C21H29N5OS. The third-order valence-electron chi connectivity index (χ3n) is 5.85. The summed E-state index contributed by atoms with van der Waals surface area (Å²) in [5.41, 5.74) is 2.48. The number of hydrogen-bond acceptors (Lipinski definition) is 6. The minimum absolute atomic E-state index is 0.0756. The highest BCUT2D eigenvalue weighted by molar-refractivity contribution is 7.09. The van der Waals surface area contributed by atoms with Crippen molar-refractivity contribution in [3.05, 3.63) is 41.2 Å². The van der Waals surface area contributed by atoms with Crippen molar-refractivity contribution in [1.82, 2.24) is 19.2 Å². The topological polar surface area (TPSA) is 52.6 Å². The Balaban J connectivity index is 1.41. The van der Waals surface area contributed by atoms with Crippen molar-refractivity contribution in [3.63, 3.8) is 0 Å². The van der Waals surface area contributed by atoms with E-state index >= 15 is 0 Å². The largest absolute Gasteiger partial charge is 0.338 e. The molecule has 1 atom stereocenters. The Kier molecular flexibility index (Phi) is 5.92. The molecule has 4 rings (SSSR count). The summed E-state index contributed by atoms with van der Waals surface area (Å²) in [5, 5.41) is 0.894. The second-order valence-electron chi connectivity index (χ2n) is 7.77. The lowest BCUT2D eigenvalue weighted by Crippen LogP contribution is -2.53. The van der Waals surface area contributed by atoms with E-state index in [1.807, 2.05) is 4.90 Å². The van der Waals surface area contributed by atoms with Crippen LogP contribution in [0.3, 0.4) is 0 Å². The molecule has 2 aliphatic rings. The Morgan fingerprint density at radius 1 is 1.14 bits per heavy atom. The van der Waals surface area contributed by atoms with Crippen molar-refractivity contribution < 1.29 is 4.79 Å². The van der Waals surface area contributed by atoms with Gasteiger partial charge < -0.3 is 14.7 Å². The molecule has 2 fully saturated rings. The van der Waals surface area contributed by atoms with Gasteiger partial charge in [0.25, 0.3) is 0 Å². The maximum atomic E-state index is 13.1. The van der Waals surface area contributed by atoms with Gasteiger partial charge in [-0.1, -0.05) is 36.8 Å². The molecule has 28 heavy (non-hydrogen) atoms. The quantitative estimate of drug-likeness (QED) is 0.774. The van der Waals surface area contributed by atoms with Crippen LogP contribution in [0.15, 0.2) is 24.3 Å². The zero-order valence-corrected chi connectivity index (χ0v) is 17.6. The lowest BCUT2D eigenvalue weighted by molar-refractivity contribution is -0.134. The fourth-order valence-electron chi connectivity index (χ4n) is 4.07. The average molecular weight is 400 g/mol. The summed E-state index contributed by atoms with van der Waals surface area (Å²) in [6, 6.07) is 8.43. The van der Waals surface area contributed by atoms with Crippen LogP contribution in [0.1, 0.15) is 36.7 Å². The van der Waals surface area contributed by atoms with Gasteiger partial charge in [0.05, 0.1) is 0 Å². The van der Waals surface area contributed by atoms with Gasteiger partial charge in [-0.15, -0.1) is 0 Å². The van der Waals surface area contributed by atoms with Gasteiger partial charge in [0.2, 0.25) is 11.0 Å². The van der Waals surface area contributed by atoms with Crippen LogP contribution in [-0.2, 0) is 11.2 Å². The second-order valence-corrected chi connectivity index (χ2v) is 8.50. The summed E-state index contributed by atoms with van der Waals surface area (Å²) >= 11 is 1.43. The number of carbonyl (C=O) groups is 1.